The highest BCUT2D eigenvalue weighted by molar-refractivity contribution is 5.93. The highest BCUT2D eigenvalue weighted by atomic mass is 14.8. The van der Waals surface area contributed by atoms with Crippen LogP contribution in [0.15, 0.2) is 4.99 Å². The van der Waals surface area contributed by atoms with Gasteiger partial charge >= 0.3 is 0 Å². The maximum atomic E-state index is 4.85. The average Bonchev–Trinajstić information content (AvgIpc) is 1.75. The monoisotopic (exact) mass is 211 g/mol. The summed E-state index contributed by atoms with van der Waals surface area (Å²) in [7, 11) is 0. The molecular weight excluding hydrogens is 182 g/mol. The van der Waals surface area contributed by atoms with Crippen LogP contribution in [-0.4, -0.2) is 12.3 Å². The zero-order chi connectivity index (χ0) is 12.5. The van der Waals surface area contributed by atoms with E-state index in [1.54, 1.807) is 0 Å². The number of hydrogen-bond acceptors (Lipinski definition) is 1. The Kier molecular flexibility index (Phi) is 4.18. The van der Waals surface area contributed by atoms with E-state index in [1.165, 1.54) is 5.71 Å². The number of rotatable bonds is 1. The van der Waals surface area contributed by atoms with Crippen LogP contribution < -0.4 is 0 Å². The first-order valence-corrected chi connectivity index (χ1v) is 5.89. The second-order valence-corrected chi connectivity index (χ2v) is 7.73. The molecule has 0 radical (unpaired) electrons. The highest BCUT2D eigenvalue weighted by Gasteiger charge is 2.30. The quantitative estimate of drug-likeness (QED) is 0.564. The summed E-state index contributed by atoms with van der Waals surface area (Å²) in [5, 5.41) is 0. The number of hydrogen-bond donors (Lipinski definition) is 0. The lowest BCUT2D eigenvalue weighted by molar-refractivity contribution is 0.415. The maximum absolute atomic E-state index is 4.85. The molecule has 0 N–H and O–H groups in total. The molecule has 0 aromatic carbocycles. The molecule has 15 heavy (non-hydrogen) atoms. The van der Waals surface area contributed by atoms with Gasteiger partial charge in [-0.1, -0.05) is 62.3 Å². The maximum Gasteiger partial charge on any atom is 0.0437 e. The van der Waals surface area contributed by atoms with Crippen LogP contribution in [0.1, 0.15) is 62.3 Å². The zero-order valence-corrected chi connectivity index (χ0v) is 12.2. The topological polar surface area (TPSA) is 12.4 Å². The largest absolute Gasteiger partial charge is 0.292 e. The second kappa shape index (κ2) is 4.27. The first kappa shape index (κ1) is 14.7. The van der Waals surface area contributed by atoms with Crippen molar-refractivity contribution in [1.29, 1.82) is 0 Å². The van der Waals surface area contributed by atoms with Gasteiger partial charge in [0.1, 0.15) is 0 Å². The molecule has 90 valence electrons. The molecule has 0 atom stereocenters. The van der Waals surface area contributed by atoms with Gasteiger partial charge in [-0.15, -0.1) is 0 Å². The third-order valence-electron chi connectivity index (χ3n) is 2.13. The van der Waals surface area contributed by atoms with Crippen molar-refractivity contribution in [2.45, 2.75) is 62.3 Å². The van der Waals surface area contributed by atoms with Gasteiger partial charge in [-0.25, -0.2) is 0 Å². The van der Waals surface area contributed by atoms with Crippen molar-refractivity contribution >= 4 is 5.71 Å². The summed E-state index contributed by atoms with van der Waals surface area (Å²) < 4.78 is 0. The zero-order valence-electron chi connectivity index (χ0n) is 12.2. The first-order valence-electron chi connectivity index (χ1n) is 5.89. The molecule has 1 nitrogen and oxygen atoms in total. The summed E-state index contributed by atoms with van der Waals surface area (Å²) in [6, 6.07) is 0. The lowest BCUT2D eigenvalue weighted by Gasteiger charge is -2.33. The smallest absolute Gasteiger partial charge is 0.0437 e. The molecular formula is C14H29N. The van der Waals surface area contributed by atoms with Crippen LogP contribution in [0.4, 0.5) is 0 Å². The predicted molar refractivity (Wildman–Crippen MR) is 70.7 cm³/mol. The molecule has 0 aliphatic carbocycles. The molecule has 0 aliphatic heterocycles. The average molecular weight is 211 g/mol. The Labute approximate surface area is 96.4 Å². The van der Waals surface area contributed by atoms with Crippen molar-refractivity contribution in [2.75, 3.05) is 6.54 Å². The Balaban J connectivity index is 4.99. The minimum atomic E-state index is 0.170. The van der Waals surface area contributed by atoms with Gasteiger partial charge in [0.25, 0.3) is 0 Å². The van der Waals surface area contributed by atoms with Crippen molar-refractivity contribution in [2.24, 2.45) is 21.2 Å². The van der Waals surface area contributed by atoms with E-state index in [9.17, 15) is 0 Å². The van der Waals surface area contributed by atoms with Crippen LogP contribution in [0.5, 0.6) is 0 Å². The van der Waals surface area contributed by atoms with Crippen molar-refractivity contribution in [3.8, 4) is 0 Å². The fraction of sp³-hybridized carbons (Fsp3) is 0.929. The molecule has 0 spiro atoms. The van der Waals surface area contributed by atoms with Gasteiger partial charge in [0, 0.05) is 23.1 Å². The summed E-state index contributed by atoms with van der Waals surface area (Å²) in [4.78, 5) is 4.85. The molecule has 0 aliphatic rings. The molecule has 0 rings (SSSR count). The molecule has 0 aromatic rings. The standard InChI is InChI=1S/C14H29N/c1-12(2,3)10-15-11(13(4,5)6)14(7,8)9/h10H2,1-9H3. The van der Waals surface area contributed by atoms with Gasteiger partial charge in [0.2, 0.25) is 0 Å². The van der Waals surface area contributed by atoms with Gasteiger partial charge in [0.05, 0.1) is 0 Å². The Hall–Kier alpha value is -0.330. The minimum Gasteiger partial charge on any atom is -0.292 e. The SMILES string of the molecule is CC(C)(C)CN=C(C(C)(C)C)C(C)(C)C. The number of aliphatic imine (C=N–C) groups is 1. The van der Waals surface area contributed by atoms with Crippen molar-refractivity contribution in [3.63, 3.8) is 0 Å². The summed E-state index contributed by atoms with van der Waals surface area (Å²) in [5.74, 6) is 0. The third kappa shape index (κ3) is 5.96. The van der Waals surface area contributed by atoms with Crippen LogP contribution >= 0.6 is 0 Å². The first-order chi connectivity index (χ1) is 6.34. The molecule has 0 saturated heterocycles. The molecule has 1 heteroatoms. The van der Waals surface area contributed by atoms with E-state index in [4.69, 9.17) is 4.99 Å². The Morgan fingerprint density at radius 3 is 1.27 bits per heavy atom. The third-order valence-corrected chi connectivity index (χ3v) is 2.13. The number of nitrogens with zero attached hydrogens (tertiary/aromatic N) is 1. The van der Waals surface area contributed by atoms with Crippen LogP contribution in [0.25, 0.3) is 0 Å². The van der Waals surface area contributed by atoms with Crippen LogP contribution in [0.3, 0.4) is 0 Å². The van der Waals surface area contributed by atoms with Crippen LogP contribution in [0.2, 0.25) is 0 Å². The van der Waals surface area contributed by atoms with E-state index in [-0.39, 0.29) is 16.2 Å². The van der Waals surface area contributed by atoms with E-state index in [0.717, 1.165) is 6.54 Å². The molecule has 0 unspecified atom stereocenters. The lowest BCUT2D eigenvalue weighted by atomic mass is 9.75. The minimum absolute atomic E-state index is 0.170. The van der Waals surface area contributed by atoms with Crippen molar-refractivity contribution in [3.05, 3.63) is 0 Å². The van der Waals surface area contributed by atoms with E-state index in [1.807, 2.05) is 0 Å². The fourth-order valence-electron chi connectivity index (χ4n) is 1.92. The van der Waals surface area contributed by atoms with Gasteiger partial charge in [-0.05, 0) is 5.41 Å². The molecule has 0 aromatic heterocycles. The van der Waals surface area contributed by atoms with E-state index < -0.39 is 0 Å². The Morgan fingerprint density at radius 2 is 1.07 bits per heavy atom. The van der Waals surface area contributed by atoms with Crippen LogP contribution in [0, 0.1) is 16.2 Å². The summed E-state index contributed by atoms with van der Waals surface area (Å²) in [5.41, 5.74) is 1.94. The van der Waals surface area contributed by atoms with E-state index in [2.05, 4.69) is 62.3 Å². The lowest BCUT2D eigenvalue weighted by Crippen LogP contribution is -2.34. The van der Waals surface area contributed by atoms with Gasteiger partial charge in [-0.3, -0.25) is 4.99 Å². The van der Waals surface area contributed by atoms with E-state index in [0.29, 0.717) is 0 Å². The van der Waals surface area contributed by atoms with Crippen LogP contribution in [-0.2, 0) is 0 Å². The van der Waals surface area contributed by atoms with Crippen molar-refractivity contribution < 1.29 is 0 Å². The second-order valence-electron chi connectivity index (χ2n) is 7.73. The summed E-state index contributed by atoms with van der Waals surface area (Å²) in [6.07, 6.45) is 0. The van der Waals surface area contributed by atoms with Gasteiger partial charge in [-0.2, -0.15) is 0 Å². The van der Waals surface area contributed by atoms with Gasteiger partial charge < -0.3 is 0 Å². The molecule has 0 amide bonds. The predicted octanol–water partition coefficient (Wildman–Crippen LogP) is 4.57. The molecule has 0 saturated carbocycles. The highest BCUT2D eigenvalue weighted by Crippen LogP contribution is 2.30. The Bertz CT molecular complexity index is 212. The fourth-order valence-corrected chi connectivity index (χ4v) is 1.92. The van der Waals surface area contributed by atoms with E-state index >= 15 is 0 Å². The Morgan fingerprint density at radius 1 is 0.733 bits per heavy atom. The molecule has 0 fully saturated rings. The van der Waals surface area contributed by atoms with Gasteiger partial charge in [0.15, 0.2) is 0 Å². The molecule has 0 heterocycles. The van der Waals surface area contributed by atoms with Crippen molar-refractivity contribution in [1.82, 2.24) is 0 Å². The summed E-state index contributed by atoms with van der Waals surface area (Å²) >= 11 is 0. The summed E-state index contributed by atoms with van der Waals surface area (Å²) in [6.45, 7) is 21.1. The normalized spacial score (nSPS) is 13.9. The molecule has 0 bridgehead atoms.